The molecular weight excluding hydrogens is 535 g/mol. The van der Waals surface area contributed by atoms with Crippen LogP contribution in [0.3, 0.4) is 0 Å². The van der Waals surface area contributed by atoms with Gasteiger partial charge in [-0.2, -0.15) is 5.26 Å². The smallest absolute Gasteiger partial charge is 0.161 e. The number of carbonyl (C=O) groups excluding carboxylic acids is 1. The summed E-state index contributed by atoms with van der Waals surface area (Å²) in [5.74, 6) is 0.187. The lowest BCUT2D eigenvalue weighted by atomic mass is 9.95. The standard InChI is InChI=1S/C28H34N4O.C9H11F/c1-5-22(17-29)15-28(21(4)33)20(3)32-19-23-7-9-25(10-8-23)24(6-2)16-27(18-30)26-11-13-31-14-12-26;1-7(2)8-3-5-9(10)6-4-8/h5-11,15-16,31-32H,3,12-14,18-19,30H2,1-2,4H3;3-7H,1-2H3/b22-5+,24-6+,27-16+,28-15+;. The highest BCUT2D eigenvalue weighted by Crippen LogP contribution is 2.23. The van der Waals surface area contributed by atoms with Gasteiger partial charge in [0.1, 0.15) is 5.82 Å². The highest BCUT2D eigenvalue weighted by Gasteiger charge is 2.11. The quantitative estimate of drug-likeness (QED) is 0.146. The number of ketones is 1. The minimum Gasteiger partial charge on any atom is -0.381 e. The first kappa shape index (κ1) is 34.9. The maximum Gasteiger partial charge on any atom is 0.161 e. The molecule has 0 aliphatic carbocycles. The van der Waals surface area contributed by atoms with Crippen molar-refractivity contribution in [2.45, 2.75) is 53.5 Å². The molecule has 0 atom stereocenters. The Morgan fingerprint density at radius 1 is 1.12 bits per heavy atom. The van der Waals surface area contributed by atoms with Crippen LogP contribution in [0.5, 0.6) is 0 Å². The van der Waals surface area contributed by atoms with Gasteiger partial charge < -0.3 is 16.4 Å². The lowest BCUT2D eigenvalue weighted by molar-refractivity contribution is -0.113. The van der Waals surface area contributed by atoms with Crippen molar-refractivity contribution < 1.29 is 9.18 Å². The van der Waals surface area contributed by atoms with Gasteiger partial charge in [0.25, 0.3) is 0 Å². The second-order valence-corrected chi connectivity index (χ2v) is 10.5. The zero-order chi connectivity index (χ0) is 31.8. The Morgan fingerprint density at radius 2 is 1.79 bits per heavy atom. The van der Waals surface area contributed by atoms with Crippen LogP contribution in [-0.2, 0) is 11.3 Å². The van der Waals surface area contributed by atoms with Gasteiger partial charge in [0, 0.05) is 36.5 Å². The third-order valence-corrected chi connectivity index (χ3v) is 7.11. The molecule has 0 radical (unpaired) electrons. The van der Waals surface area contributed by atoms with Gasteiger partial charge >= 0.3 is 0 Å². The largest absolute Gasteiger partial charge is 0.381 e. The molecule has 0 saturated carbocycles. The Morgan fingerprint density at radius 3 is 2.28 bits per heavy atom. The van der Waals surface area contributed by atoms with Gasteiger partial charge in [-0.15, -0.1) is 0 Å². The molecule has 0 spiro atoms. The summed E-state index contributed by atoms with van der Waals surface area (Å²) in [7, 11) is 0. The number of nitrogens with two attached hydrogens (primary N) is 1. The van der Waals surface area contributed by atoms with Gasteiger partial charge in [0.15, 0.2) is 5.78 Å². The van der Waals surface area contributed by atoms with E-state index in [4.69, 9.17) is 11.0 Å². The zero-order valence-electron chi connectivity index (χ0n) is 26.1. The van der Waals surface area contributed by atoms with Crippen molar-refractivity contribution in [1.82, 2.24) is 10.6 Å². The summed E-state index contributed by atoms with van der Waals surface area (Å²) in [4.78, 5) is 12.0. The van der Waals surface area contributed by atoms with Gasteiger partial charge in [0.2, 0.25) is 0 Å². The van der Waals surface area contributed by atoms with Gasteiger partial charge in [-0.1, -0.05) is 75.1 Å². The molecule has 1 aliphatic heterocycles. The van der Waals surface area contributed by atoms with Crippen LogP contribution in [0, 0.1) is 17.1 Å². The summed E-state index contributed by atoms with van der Waals surface area (Å²) in [5.41, 5.74) is 14.4. The molecule has 0 aromatic heterocycles. The van der Waals surface area contributed by atoms with E-state index >= 15 is 0 Å². The lowest BCUT2D eigenvalue weighted by Crippen LogP contribution is -2.22. The first-order chi connectivity index (χ1) is 20.6. The molecule has 3 rings (SSSR count). The van der Waals surface area contributed by atoms with E-state index in [1.807, 2.05) is 19.1 Å². The highest BCUT2D eigenvalue weighted by molar-refractivity contribution is 5.98. The Hall–Kier alpha value is -4.31. The average Bonchev–Trinajstić information content (AvgIpc) is 3.02. The van der Waals surface area contributed by atoms with Gasteiger partial charge in [0.05, 0.1) is 6.07 Å². The van der Waals surface area contributed by atoms with Crippen molar-refractivity contribution in [3.8, 4) is 6.07 Å². The normalized spacial score (nSPS) is 14.3. The molecule has 2 aromatic carbocycles. The third-order valence-electron chi connectivity index (χ3n) is 7.11. The number of Topliss-reactive ketones (excluding diaryl/α,β-unsaturated/α-hetero) is 1. The molecule has 1 heterocycles. The number of nitrogens with one attached hydrogen (secondary N) is 2. The van der Waals surface area contributed by atoms with Crippen LogP contribution in [0.4, 0.5) is 4.39 Å². The van der Waals surface area contributed by atoms with E-state index in [-0.39, 0.29) is 11.6 Å². The van der Waals surface area contributed by atoms with E-state index in [9.17, 15) is 9.18 Å². The number of halogens is 1. The number of allylic oxidation sites excluding steroid dienone is 7. The number of rotatable bonds is 11. The van der Waals surface area contributed by atoms with Crippen molar-refractivity contribution in [3.63, 3.8) is 0 Å². The monoisotopic (exact) mass is 580 g/mol. The molecule has 2 aromatic rings. The van der Waals surface area contributed by atoms with Crippen LogP contribution < -0.4 is 16.4 Å². The van der Waals surface area contributed by atoms with Crippen molar-refractivity contribution in [1.29, 1.82) is 5.26 Å². The molecule has 0 amide bonds. The molecule has 1 aliphatic rings. The second kappa shape index (κ2) is 18.3. The van der Waals surface area contributed by atoms with Crippen LogP contribution in [0.25, 0.3) is 5.57 Å². The van der Waals surface area contributed by atoms with Crippen molar-refractivity contribution in [2.24, 2.45) is 5.73 Å². The summed E-state index contributed by atoms with van der Waals surface area (Å²) in [6, 6.07) is 17.0. The number of nitrogens with zero attached hydrogens (tertiary/aromatic N) is 1. The molecule has 0 bridgehead atoms. The Labute approximate surface area is 257 Å². The van der Waals surface area contributed by atoms with E-state index < -0.39 is 0 Å². The van der Waals surface area contributed by atoms with Crippen molar-refractivity contribution >= 4 is 11.4 Å². The number of hydrogen-bond donors (Lipinski definition) is 3. The summed E-state index contributed by atoms with van der Waals surface area (Å²) < 4.78 is 12.4. The second-order valence-electron chi connectivity index (χ2n) is 10.5. The van der Waals surface area contributed by atoms with Crippen LogP contribution in [0.1, 0.15) is 63.6 Å². The van der Waals surface area contributed by atoms with E-state index in [0.717, 1.165) is 36.2 Å². The molecule has 4 N–H and O–H groups in total. The van der Waals surface area contributed by atoms with Crippen LogP contribution in [0.2, 0.25) is 0 Å². The Kier molecular flexibility index (Phi) is 14.8. The Balaban J connectivity index is 0.000000543. The van der Waals surface area contributed by atoms with Gasteiger partial charge in [-0.05, 0) is 97.3 Å². The highest BCUT2D eigenvalue weighted by atomic mass is 19.1. The van der Waals surface area contributed by atoms with Gasteiger partial charge in [-0.3, -0.25) is 4.79 Å². The summed E-state index contributed by atoms with van der Waals surface area (Å²) in [5, 5.41) is 15.7. The average molecular weight is 581 g/mol. The topological polar surface area (TPSA) is 90.9 Å². The van der Waals surface area contributed by atoms with E-state index in [2.05, 4.69) is 79.6 Å². The maximum absolute atomic E-state index is 12.4. The van der Waals surface area contributed by atoms with Crippen LogP contribution in [0.15, 0.2) is 113 Å². The van der Waals surface area contributed by atoms with Gasteiger partial charge in [-0.25, -0.2) is 4.39 Å². The number of hydrogen-bond acceptors (Lipinski definition) is 5. The lowest BCUT2D eigenvalue weighted by Gasteiger charge is -2.17. The number of carbonyl (C=O) groups is 1. The fraction of sp³-hybridized carbons (Fsp3) is 0.297. The molecule has 5 nitrogen and oxygen atoms in total. The first-order valence-corrected chi connectivity index (χ1v) is 14.7. The van der Waals surface area contributed by atoms with E-state index in [1.165, 1.54) is 35.8 Å². The first-order valence-electron chi connectivity index (χ1n) is 14.7. The number of nitriles is 1. The van der Waals surface area contributed by atoms with Crippen LogP contribution >= 0.6 is 0 Å². The molecule has 0 unspecified atom stereocenters. The fourth-order valence-corrected chi connectivity index (χ4v) is 4.42. The zero-order valence-corrected chi connectivity index (χ0v) is 26.1. The van der Waals surface area contributed by atoms with E-state index in [0.29, 0.717) is 35.9 Å². The summed E-state index contributed by atoms with van der Waals surface area (Å²) in [6.45, 7) is 16.3. The third kappa shape index (κ3) is 11.5. The maximum atomic E-state index is 12.4. The molecular formula is C37H45FN4O. The minimum atomic E-state index is -0.163. The molecule has 0 fully saturated rings. The molecule has 226 valence electrons. The summed E-state index contributed by atoms with van der Waals surface area (Å²) in [6.07, 6.45) is 10.7. The summed E-state index contributed by atoms with van der Waals surface area (Å²) >= 11 is 0. The van der Waals surface area contributed by atoms with Crippen molar-refractivity contribution in [2.75, 3.05) is 19.6 Å². The SMILES string of the molecule is C=C(NCc1ccc(C(/C=C(\CN)C2=CCNCC2)=C/C)cc1)/C(=C\C(C#N)=C/C)C(C)=O.CC(C)c1ccc(F)cc1. The Bertz CT molecular complexity index is 1430. The molecule has 6 heteroatoms. The van der Waals surface area contributed by atoms with Crippen LogP contribution in [-0.4, -0.2) is 25.4 Å². The fourth-order valence-electron chi connectivity index (χ4n) is 4.42. The van der Waals surface area contributed by atoms with Crippen molar-refractivity contribution in [3.05, 3.63) is 136 Å². The van der Waals surface area contributed by atoms with E-state index in [1.54, 1.807) is 19.1 Å². The molecule has 0 saturated heterocycles. The minimum absolute atomic E-state index is 0.137. The predicted molar refractivity (Wildman–Crippen MR) is 177 cm³/mol. The molecule has 43 heavy (non-hydrogen) atoms. The predicted octanol–water partition coefficient (Wildman–Crippen LogP) is 7.43. The number of benzene rings is 2.